The predicted molar refractivity (Wildman–Crippen MR) is 77.8 cm³/mol. The SMILES string of the molecule is CC1SCCC1Nc1ccccc1CN(C)C. The minimum atomic E-state index is 0.628. The molecule has 1 N–H and O–H groups in total. The van der Waals surface area contributed by atoms with Crippen LogP contribution in [0.5, 0.6) is 0 Å². The first kappa shape index (κ1) is 12.8. The van der Waals surface area contributed by atoms with Gasteiger partial charge in [-0.2, -0.15) is 11.8 Å². The zero-order valence-corrected chi connectivity index (χ0v) is 11.8. The molecule has 1 saturated heterocycles. The number of hydrogen-bond acceptors (Lipinski definition) is 3. The molecule has 0 amide bonds. The summed E-state index contributed by atoms with van der Waals surface area (Å²) in [5, 5.41) is 4.44. The topological polar surface area (TPSA) is 15.3 Å². The van der Waals surface area contributed by atoms with Crippen LogP contribution < -0.4 is 5.32 Å². The summed E-state index contributed by atoms with van der Waals surface area (Å²) in [6.07, 6.45) is 1.28. The molecule has 1 heterocycles. The fourth-order valence-corrected chi connectivity index (χ4v) is 3.46. The van der Waals surface area contributed by atoms with Crippen molar-refractivity contribution in [2.75, 3.05) is 25.2 Å². The molecule has 2 rings (SSSR count). The van der Waals surface area contributed by atoms with E-state index in [9.17, 15) is 0 Å². The van der Waals surface area contributed by atoms with Gasteiger partial charge in [0.1, 0.15) is 0 Å². The number of anilines is 1. The Morgan fingerprint density at radius 2 is 2.12 bits per heavy atom. The number of thioether (sulfide) groups is 1. The lowest BCUT2D eigenvalue weighted by molar-refractivity contribution is 0.403. The third kappa shape index (κ3) is 3.39. The molecule has 1 aromatic rings. The lowest BCUT2D eigenvalue weighted by atomic mass is 10.1. The number of nitrogens with zero attached hydrogens (tertiary/aromatic N) is 1. The molecule has 2 atom stereocenters. The Morgan fingerprint density at radius 3 is 2.76 bits per heavy atom. The molecule has 94 valence electrons. The fourth-order valence-electron chi connectivity index (χ4n) is 2.26. The van der Waals surface area contributed by atoms with Gasteiger partial charge in [-0.05, 0) is 37.9 Å². The van der Waals surface area contributed by atoms with E-state index in [1.807, 2.05) is 0 Å². The number of rotatable bonds is 4. The Kier molecular flexibility index (Phi) is 4.35. The van der Waals surface area contributed by atoms with Crippen LogP contribution in [0, 0.1) is 0 Å². The average molecular weight is 250 g/mol. The van der Waals surface area contributed by atoms with Crippen LogP contribution in [0.1, 0.15) is 18.9 Å². The van der Waals surface area contributed by atoms with Gasteiger partial charge in [0, 0.05) is 23.5 Å². The van der Waals surface area contributed by atoms with Gasteiger partial charge in [-0.1, -0.05) is 25.1 Å². The van der Waals surface area contributed by atoms with E-state index in [4.69, 9.17) is 0 Å². The molecule has 1 aromatic carbocycles. The van der Waals surface area contributed by atoms with E-state index in [1.165, 1.54) is 23.4 Å². The van der Waals surface area contributed by atoms with E-state index in [1.54, 1.807) is 0 Å². The van der Waals surface area contributed by atoms with Gasteiger partial charge in [-0.3, -0.25) is 0 Å². The van der Waals surface area contributed by atoms with Gasteiger partial charge >= 0.3 is 0 Å². The minimum absolute atomic E-state index is 0.628. The summed E-state index contributed by atoms with van der Waals surface area (Å²) in [5.74, 6) is 1.29. The molecule has 0 saturated carbocycles. The monoisotopic (exact) mass is 250 g/mol. The molecule has 0 bridgehead atoms. The highest BCUT2D eigenvalue weighted by atomic mass is 32.2. The summed E-state index contributed by atoms with van der Waals surface area (Å²) >= 11 is 2.07. The second kappa shape index (κ2) is 5.78. The van der Waals surface area contributed by atoms with Crippen LogP contribution in [-0.4, -0.2) is 36.0 Å². The van der Waals surface area contributed by atoms with Crippen molar-refractivity contribution in [3.05, 3.63) is 29.8 Å². The first-order valence-corrected chi connectivity index (χ1v) is 7.32. The smallest absolute Gasteiger partial charge is 0.0388 e. The second-order valence-electron chi connectivity index (χ2n) is 5.01. The first-order chi connectivity index (χ1) is 8.16. The molecule has 1 fully saturated rings. The molecular formula is C14H22N2S. The molecule has 0 radical (unpaired) electrons. The lowest BCUT2D eigenvalue weighted by Gasteiger charge is -2.21. The van der Waals surface area contributed by atoms with Crippen LogP contribution in [0.3, 0.4) is 0 Å². The van der Waals surface area contributed by atoms with E-state index < -0.39 is 0 Å². The number of hydrogen-bond donors (Lipinski definition) is 1. The summed E-state index contributed by atoms with van der Waals surface area (Å²) in [5.41, 5.74) is 2.70. The third-order valence-corrected chi connectivity index (χ3v) is 4.55. The number of nitrogens with one attached hydrogen (secondary N) is 1. The Labute approximate surface area is 109 Å². The Balaban J connectivity index is 2.09. The second-order valence-corrected chi connectivity index (χ2v) is 6.50. The molecule has 1 aliphatic heterocycles. The van der Waals surface area contributed by atoms with Crippen molar-refractivity contribution in [1.29, 1.82) is 0 Å². The van der Waals surface area contributed by atoms with Crippen LogP contribution in [0.4, 0.5) is 5.69 Å². The third-order valence-electron chi connectivity index (χ3n) is 3.22. The highest BCUT2D eigenvalue weighted by Gasteiger charge is 2.24. The van der Waals surface area contributed by atoms with Gasteiger partial charge in [0.15, 0.2) is 0 Å². The van der Waals surface area contributed by atoms with Gasteiger partial charge in [0.25, 0.3) is 0 Å². The zero-order chi connectivity index (χ0) is 12.3. The van der Waals surface area contributed by atoms with Crippen molar-refractivity contribution >= 4 is 17.4 Å². The Bertz CT molecular complexity index is 365. The van der Waals surface area contributed by atoms with E-state index in [0.29, 0.717) is 6.04 Å². The zero-order valence-electron chi connectivity index (χ0n) is 10.9. The van der Waals surface area contributed by atoms with Gasteiger partial charge in [0.2, 0.25) is 0 Å². The van der Waals surface area contributed by atoms with Gasteiger partial charge in [0.05, 0.1) is 0 Å². The van der Waals surface area contributed by atoms with E-state index in [-0.39, 0.29) is 0 Å². The highest BCUT2D eigenvalue weighted by Crippen LogP contribution is 2.29. The largest absolute Gasteiger partial charge is 0.381 e. The first-order valence-electron chi connectivity index (χ1n) is 6.27. The summed E-state index contributed by atoms with van der Waals surface area (Å²) in [6.45, 7) is 3.32. The fraction of sp³-hybridized carbons (Fsp3) is 0.571. The van der Waals surface area contributed by atoms with E-state index in [0.717, 1.165) is 11.8 Å². The minimum Gasteiger partial charge on any atom is -0.381 e. The molecule has 3 heteroatoms. The normalized spacial score (nSPS) is 24.2. The van der Waals surface area contributed by atoms with Crippen molar-refractivity contribution in [2.45, 2.75) is 31.2 Å². The molecule has 17 heavy (non-hydrogen) atoms. The van der Waals surface area contributed by atoms with Crippen LogP contribution in [-0.2, 0) is 6.54 Å². The average Bonchev–Trinajstić information content (AvgIpc) is 2.67. The highest BCUT2D eigenvalue weighted by molar-refractivity contribution is 8.00. The van der Waals surface area contributed by atoms with E-state index >= 15 is 0 Å². The molecule has 0 aliphatic carbocycles. The molecule has 2 nitrogen and oxygen atoms in total. The van der Waals surface area contributed by atoms with Crippen molar-refractivity contribution < 1.29 is 0 Å². The maximum Gasteiger partial charge on any atom is 0.0388 e. The summed E-state index contributed by atoms with van der Waals surface area (Å²) < 4.78 is 0. The molecule has 1 aliphatic rings. The molecule has 2 unspecified atom stereocenters. The van der Waals surface area contributed by atoms with Crippen LogP contribution in [0.25, 0.3) is 0 Å². The van der Waals surface area contributed by atoms with Gasteiger partial charge < -0.3 is 10.2 Å². The molecule has 0 aromatic heterocycles. The standard InChI is InChI=1S/C14H22N2S/c1-11-13(8-9-17-11)15-14-7-5-4-6-12(14)10-16(2)3/h4-7,11,13,15H,8-10H2,1-3H3. The van der Waals surface area contributed by atoms with Crippen molar-refractivity contribution in [3.63, 3.8) is 0 Å². The molecule has 0 spiro atoms. The lowest BCUT2D eigenvalue weighted by Crippen LogP contribution is -2.25. The van der Waals surface area contributed by atoms with Crippen molar-refractivity contribution in [3.8, 4) is 0 Å². The summed E-state index contributed by atoms with van der Waals surface area (Å²) in [7, 11) is 4.23. The van der Waals surface area contributed by atoms with Crippen molar-refractivity contribution in [1.82, 2.24) is 4.90 Å². The predicted octanol–water partition coefficient (Wildman–Crippen LogP) is 3.05. The van der Waals surface area contributed by atoms with E-state index in [2.05, 4.69) is 67.3 Å². The van der Waals surface area contributed by atoms with Gasteiger partial charge in [-0.25, -0.2) is 0 Å². The molecular weight excluding hydrogens is 228 g/mol. The van der Waals surface area contributed by atoms with Gasteiger partial charge in [-0.15, -0.1) is 0 Å². The Morgan fingerprint density at radius 1 is 1.35 bits per heavy atom. The summed E-state index contributed by atoms with van der Waals surface area (Å²) in [6, 6.07) is 9.29. The number of benzene rings is 1. The van der Waals surface area contributed by atoms with Crippen LogP contribution >= 0.6 is 11.8 Å². The quantitative estimate of drug-likeness (QED) is 0.884. The van der Waals surface area contributed by atoms with Crippen LogP contribution in [0.2, 0.25) is 0 Å². The number of para-hydroxylation sites is 1. The maximum atomic E-state index is 3.72. The van der Waals surface area contributed by atoms with Crippen LogP contribution in [0.15, 0.2) is 24.3 Å². The summed E-state index contributed by atoms with van der Waals surface area (Å²) in [4.78, 5) is 2.22. The maximum absolute atomic E-state index is 3.72. The van der Waals surface area contributed by atoms with Crippen molar-refractivity contribution in [2.24, 2.45) is 0 Å². The Hall–Kier alpha value is -0.670.